The number of likely N-dealkylation sites (tertiary alicyclic amines) is 1. The normalized spacial score (nSPS) is 20.0. The molecule has 1 unspecified atom stereocenters. The molecular weight excluding hydrogens is 428 g/mol. The zero-order valence-corrected chi connectivity index (χ0v) is 18.6. The van der Waals surface area contributed by atoms with Gasteiger partial charge in [0.2, 0.25) is 0 Å². The number of hydrogen-bond donors (Lipinski definition) is 1. The average molecular weight is 456 g/mol. The Morgan fingerprint density at radius 2 is 1.82 bits per heavy atom. The van der Waals surface area contributed by atoms with Gasteiger partial charge in [0.25, 0.3) is 5.56 Å². The second-order valence-electron chi connectivity index (χ2n) is 8.28. The number of benzene rings is 1. The first-order valence-electron chi connectivity index (χ1n) is 11.1. The summed E-state index contributed by atoms with van der Waals surface area (Å²) in [6.07, 6.45) is 4.29. The maximum atomic E-state index is 12.2. The van der Waals surface area contributed by atoms with E-state index in [-0.39, 0.29) is 18.0 Å². The van der Waals surface area contributed by atoms with Gasteiger partial charge in [-0.3, -0.25) is 4.79 Å². The van der Waals surface area contributed by atoms with Crippen molar-refractivity contribution in [2.24, 2.45) is 5.92 Å². The monoisotopic (exact) mass is 456 g/mol. The van der Waals surface area contributed by atoms with Crippen LogP contribution in [0.2, 0.25) is 0 Å². The van der Waals surface area contributed by atoms with Crippen LogP contribution in [-0.4, -0.2) is 54.6 Å². The zero-order valence-electron chi connectivity index (χ0n) is 18.6. The highest BCUT2D eigenvalue weighted by Crippen LogP contribution is 2.40. The largest absolute Gasteiger partial charge is 0.491 e. The van der Waals surface area contributed by atoms with E-state index in [0.29, 0.717) is 31.7 Å². The number of aromatic nitrogens is 1. The van der Waals surface area contributed by atoms with Crippen LogP contribution in [0.5, 0.6) is 5.75 Å². The highest BCUT2D eigenvalue weighted by molar-refractivity contribution is 6.31. The second-order valence-corrected chi connectivity index (χ2v) is 8.28. The molecule has 9 nitrogen and oxygen atoms in total. The van der Waals surface area contributed by atoms with Crippen molar-refractivity contribution in [3.05, 3.63) is 64.1 Å². The Kier molecular flexibility index (Phi) is 7.10. The standard InChI is InChI=1S/C24H28N2O7/c1-30-13-14-31-20-7-3-2-5-18(20)9-8-17-10-12-26(16-19-6-4-11-25-21(19)27)24(15-17)32-22(28)23(29)33-24/h2-7,11,17H,8-10,12-16H2,1H3,(H,25,27). The number of methoxy groups -OCH3 is 1. The number of aryl methyl sites for hydroxylation is 1. The number of nitrogens with one attached hydrogen (secondary N) is 1. The second kappa shape index (κ2) is 10.2. The van der Waals surface area contributed by atoms with Crippen LogP contribution in [0.1, 0.15) is 30.4 Å². The maximum Gasteiger partial charge on any atom is 0.421 e. The predicted octanol–water partition coefficient (Wildman–Crippen LogP) is 2.00. The molecule has 2 fully saturated rings. The number of carbonyl (C=O) groups is 2. The van der Waals surface area contributed by atoms with Crippen molar-refractivity contribution in [3.8, 4) is 5.75 Å². The number of piperidine rings is 1. The smallest absolute Gasteiger partial charge is 0.421 e. The van der Waals surface area contributed by atoms with Gasteiger partial charge in [-0.15, -0.1) is 0 Å². The summed E-state index contributed by atoms with van der Waals surface area (Å²) in [5.41, 5.74) is 1.37. The Balaban J connectivity index is 1.45. The molecule has 176 valence electrons. The quantitative estimate of drug-likeness (QED) is 0.347. The van der Waals surface area contributed by atoms with E-state index in [4.69, 9.17) is 18.9 Å². The van der Waals surface area contributed by atoms with Crippen molar-refractivity contribution in [2.45, 2.75) is 38.1 Å². The number of H-pyrrole nitrogens is 1. The van der Waals surface area contributed by atoms with Crippen molar-refractivity contribution in [1.82, 2.24) is 9.88 Å². The van der Waals surface area contributed by atoms with Gasteiger partial charge in [-0.05, 0) is 42.9 Å². The predicted molar refractivity (Wildman–Crippen MR) is 117 cm³/mol. The lowest BCUT2D eigenvalue weighted by Gasteiger charge is -2.43. The number of rotatable bonds is 9. The number of pyridine rings is 1. The molecule has 2 aromatic rings. The fraction of sp³-hybridized carbons (Fsp3) is 0.458. The molecule has 1 N–H and O–H groups in total. The molecule has 0 aliphatic carbocycles. The van der Waals surface area contributed by atoms with Gasteiger partial charge in [0.05, 0.1) is 6.61 Å². The molecule has 9 heteroatoms. The van der Waals surface area contributed by atoms with E-state index in [1.54, 1.807) is 30.3 Å². The third-order valence-electron chi connectivity index (χ3n) is 6.11. The number of carbonyl (C=O) groups excluding carboxylic acids is 2. The highest BCUT2D eigenvalue weighted by atomic mass is 16.8. The average Bonchev–Trinajstić information content (AvgIpc) is 3.09. The van der Waals surface area contributed by atoms with Gasteiger partial charge >= 0.3 is 17.8 Å². The molecule has 0 amide bonds. The van der Waals surface area contributed by atoms with Crippen LogP contribution in [0, 0.1) is 5.92 Å². The van der Waals surface area contributed by atoms with Gasteiger partial charge < -0.3 is 23.9 Å². The minimum atomic E-state index is -1.48. The van der Waals surface area contributed by atoms with Crippen LogP contribution in [0.3, 0.4) is 0 Å². The summed E-state index contributed by atoms with van der Waals surface area (Å²) < 4.78 is 21.8. The third-order valence-corrected chi connectivity index (χ3v) is 6.11. The minimum Gasteiger partial charge on any atom is -0.491 e. The fourth-order valence-electron chi connectivity index (χ4n) is 4.39. The number of nitrogens with zero attached hydrogens (tertiary/aromatic N) is 1. The van der Waals surface area contributed by atoms with Crippen molar-refractivity contribution >= 4 is 11.9 Å². The summed E-state index contributed by atoms with van der Waals surface area (Å²) in [6.45, 7) is 1.71. The van der Waals surface area contributed by atoms with Gasteiger partial charge in [-0.25, -0.2) is 14.5 Å². The Morgan fingerprint density at radius 1 is 1.06 bits per heavy atom. The molecule has 3 heterocycles. The molecule has 1 aromatic carbocycles. The molecule has 0 bridgehead atoms. The first kappa shape index (κ1) is 23.0. The minimum absolute atomic E-state index is 0.154. The molecule has 1 spiro atoms. The van der Waals surface area contributed by atoms with Crippen LogP contribution >= 0.6 is 0 Å². The van der Waals surface area contributed by atoms with Crippen LogP contribution in [0.15, 0.2) is 47.4 Å². The Morgan fingerprint density at radius 3 is 2.58 bits per heavy atom. The molecule has 1 atom stereocenters. The van der Waals surface area contributed by atoms with Crippen molar-refractivity contribution in [3.63, 3.8) is 0 Å². The summed E-state index contributed by atoms with van der Waals surface area (Å²) in [5, 5.41) is 0. The van der Waals surface area contributed by atoms with Crippen molar-refractivity contribution < 1.29 is 28.5 Å². The molecule has 0 radical (unpaired) electrons. The lowest BCUT2D eigenvalue weighted by Crippen LogP contribution is -2.55. The van der Waals surface area contributed by atoms with E-state index in [9.17, 15) is 14.4 Å². The molecule has 1 aromatic heterocycles. The first-order chi connectivity index (χ1) is 16.0. The van der Waals surface area contributed by atoms with Gasteiger partial charge in [0.1, 0.15) is 12.4 Å². The number of para-hydroxylation sites is 1. The fourth-order valence-corrected chi connectivity index (χ4v) is 4.39. The van der Waals surface area contributed by atoms with E-state index in [1.807, 2.05) is 24.3 Å². The number of ether oxygens (including phenoxy) is 4. The summed E-state index contributed by atoms with van der Waals surface area (Å²) in [7, 11) is 1.63. The van der Waals surface area contributed by atoms with Crippen LogP contribution in [0.4, 0.5) is 0 Å². The van der Waals surface area contributed by atoms with Crippen LogP contribution < -0.4 is 10.3 Å². The Bertz CT molecular complexity index is 1030. The Labute approximate surface area is 191 Å². The van der Waals surface area contributed by atoms with E-state index in [0.717, 1.165) is 30.6 Å². The summed E-state index contributed by atoms with van der Waals surface area (Å²) in [6, 6.07) is 11.3. The summed E-state index contributed by atoms with van der Waals surface area (Å²) in [5.74, 6) is -2.50. The molecular formula is C24H28N2O7. The SMILES string of the molecule is COCCOc1ccccc1CCC1CCN(Cc2ccc[nH]c2=O)C2(C1)OC(=O)C(=O)O2. The van der Waals surface area contributed by atoms with Gasteiger partial charge in [-0.2, -0.15) is 0 Å². The number of hydrogen-bond acceptors (Lipinski definition) is 8. The molecule has 2 aliphatic rings. The Hall–Kier alpha value is -3.17. The zero-order chi connectivity index (χ0) is 23.3. The highest BCUT2D eigenvalue weighted by Gasteiger charge is 2.55. The summed E-state index contributed by atoms with van der Waals surface area (Å²) >= 11 is 0. The van der Waals surface area contributed by atoms with Crippen LogP contribution in [-0.2, 0) is 36.8 Å². The molecule has 33 heavy (non-hydrogen) atoms. The molecule has 0 saturated carbocycles. The van der Waals surface area contributed by atoms with Crippen LogP contribution in [0.25, 0.3) is 0 Å². The summed E-state index contributed by atoms with van der Waals surface area (Å²) in [4.78, 5) is 40.5. The third kappa shape index (κ3) is 5.26. The van der Waals surface area contributed by atoms with E-state index in [1.165, 1.54) is 0 Å². The van der Waals surface area contributed by atoms with Crippen molar-refractivity contribution in [2.75, 3.05) is 26.9 Å². The first-order valence-corrected chi connectivity index (χ1v) is 11.1. The van der Waals surface area contributed by atoms with E-state index in [2.05, 4.69) is 4.98 Å². The maximum absolute atomic E-state index is 12.2. The van der Waals surface area contributed by atoms with E-state index >= 15 is 0 Å². The van der Waals surface area contributed by atoms with Gasteiger partial charge in [-0.1, -0.05) is 24.3 Å². The van der Waals surface area contributed by atoms with Crippen molar-refractivity contribution in [1.29, 1.82) is 0 Å². The lowest BCUT2D eigenvalue weighted by molar-refractivity contribution is -0.274. The number of aromatic amines is 1. The lowest BCUT2D eigenvalue weighted by atomic mass is 9.88. The van der Waals surface area contributed by atoms with E-state index < -0.39 is 17.8 Å². The van der Waals surface area contributed by atoms with Gasteiger partial charge in [0.15, 0.2) is 0 Å². The topological polar surface area (TPSA) is 107 Å². The molecule has 2 aliphatic heterocycles. The number of esters is 2. The molecule has 4 rings (SSSR count). The van der Waals surface area contributed by atoms with Gasteiger partial charge in [0, 0.05) is 38.4 Å². The molecule has 2 saturated heterocycles.